The molecular weight excluding hydrogens is 182 g/mol. The summed E-state index contributed by atoms with van der Waals surface area (Å²) >= 11 is 0. The Morgan fingerprint density at radius 3 is 2.79 bits per heavy atom. The lowest BCUT2D eigenvalue weighted by Gasteiger charge is -2.34. The lowest BCUT2D eigenvalue weighted by Crippen LogP contribution is -2.52. The van der Waals surface area contributed by atoms with E-state index in [-0.39, 0.29) is 6.10 Å². The van der Waals surface area contributed by atoms with Crippen LogP contribution in [0.2, 0.25) is 0 Å². The van der Waals surface area contributed by atoms with Gasteiger partial charge in [-0.05, 0) is 27.2 Å². The van der Waals surface area contributed by atoms with Crippen LogP contribution in [0.4, 0.5) is 0 Å². The first kappa shape index (κ1) is 11.5. The maximum atomic E-state index is 11.1. The predicted octanol–water partition coefficient (Wildman–Crippen LogP) is 0.960. The van der Waals surface area contributed by atoms with Crippen molar-refractivity contribution in [1.29, 1.82) is 0 Å². The second kappa shape index (κ2) is 4.28. The highest BCUT2D eigenvalue weighted by molar-refractivity contribution is 5.77. The first-order chi connectivity index (χ1) is 6.44. The summed E-state index contributed by atoms with van der Waals surface area (Å²) < 4.78 is 5.47. The average molecular weight is 201 g/mol. The zero-order valence-corrected chi connectivity index (χ0v) is 9.12. The van der Waals surface area contributed by atoms with Gasteiger partial charge < -0.3 is 9.84 Å². The van der Waals surface area contributed by atoms with Gasteiger partial charge in [-0.1, -0.05) is 0 Å². The third kappa shape index (κ3) is 2.45. The summed E-state index contributed by atoms with van der Waals surface area (Å²) in [6.07, 6.45) is 1.03. The first-order valence-electron chi connectivity index (χ1n) is 5.04. The largest absolute Gasteiger partial charge is 0.480 e. The van der Waals surface area contributed by atoms with Crippen molar-refractivity contribution in [2.75, 3.05) is 19.7 Å². The van der Waals surface area contributed by atoms with E-state index in [1.54, 1.807) is 13.8 Å². The Morgan fingerprint density at radius 1 is 1.57 bits per heavy atom. The molecule has 0 aliphatic carbocycles. The quantitative estimate of drug-likeness (QED) is 0.723. The number of hydrogen-bond donors (Lipinski definition) is 1. The molecule has 82 valence electrons. The van der Waals surface area contributed by atoms with Gasteiger partial charge in [-0.2, -0.15) is 0 Å². The molecule has 4 nitrogen and oxygen atoms in total. The number of ether oxygens (including phenoxy) is 1. The molecule has 0 aromatic rings. The molecule has 0 amide bonds. The van der Waals surface area contributed by atoms with Crippen LogP contribution in [0.15, 0.2) is 0 Å². The monoisotopic (exact) mass is 201 g/mol. The van der Waals surface area contributed by atoms with Gasteiger partial charge in [0.25, 0.3) is 0 Å². The van der Waals surface area contributed by atoms with Gasteiger partial charge in [-0.25, -0.2) is 0 Å². The Balaban J connectivity index is 2.69. The zero-order valence-electron chi connectivity index (χ0n) is 9.12. The minimum atomic E-state index is -0.790. The predicted molar refractivity (Wildman–Crippen MR) is 53.3 cm³/mol. The third-order valence-corrected chi connectivity index (χ3v) is 2.77. The molecule has 4 heteroatoms. The highest BCUT2D eigenvalue weighted by Gasteiger charge is 2.35. The smallest absolute Gasteiger partial charge is 0.323 e. The summed E-state index contributed by atoms with van der Waals surface area (Å²) in [6, 6.07) is 0. The molecule has 1 N–H and O–H groups in total. The average Bonchev–Trinajstić information content (AvgIpc) is 2.29. The zero-order chi connectivity index (χ0) is 10.8. The summed E-state index contributed by atoms with van der Waals surface area (Å²) in [5, 5.41) is 9.09. The van der Waals surface area contributed by atoms with Crippen LogP contribution in [0.1, 0.15) is 27.2 Å². The van der Waals surface area contributed by atoms with Gasteiger partial charge in [0.15, 0.2) is 0 Å². The van der Waals surface area contributed by atoms with Crippen molar-refractivity contribution in [3.8, 4) is 0 Å². The molecule has 1 unspecified atom stereocenters. The molecule has 1 fully saturated rings. The molecule has 0 aromatic heterocycles. The van der Waals surface area contributed by atoms with Crippen molar-refractivity contribution >= 4 is 5.97 Å². The number of hydrogen-bond acceptors (Lipinski definition) is 3. The number of carboxylic acid groups (broad SMARTS) is 1. The van der Waals surface area contributed by atoms with E-state index in [9.17, 15) is 4.79 Å². The van der Waals surface area contributed by atoms with Crippen LogP contribution in [0.5, 0.6) is 0 Å². The van der Waals surface area contributed by atoms with Gasteiger partial charge in [-0.15, -0.1) is 0 Å². The fourth-order valence-electron chi connectivity index (χ4n) is 1.64. The second-order valence-corrected chi connectivity index (χ2v) is 4.35. The number of carboxylic acids is 1. The molecule has 0 spiro atoms. The van der Waals surface area contributed by atoms with Crippen LogP contribution in [0, 0.1) is 0 Å². The van der Waals surface area contributed by atoms with E-state index < -0.39 is 11.5 Å². The van der Waals surface area contributed by atoms with E-state index in [0.29, 0.717) is 6.54 Å². The standard InChI is InChI=1S/C10H19NO3/c1-8-7-11(5-4-6-14-8)10(2,3)9(12)13/h8H,4-7H2,1-3H3,(H,12,13). The Morgan fingerprint density at radius 2 is 2.21 bits per heavy atom. The van der Waals surface area contributed by atoms with Crippen LogP contribution in [-0.4, -0.2) is 47.3 Å². The van der Waals surface area contributed by atoms with Crippen molar-refractivity contribution in [2.45, 2.75) is 38.8 Å². The molecule has 14 heavy (non-hydrogen) atoms. The van der Waals surface area contributed by atoms with Crippen LogP contribution < -0.4 is 0 Å². The maximum Gasteiger partial charge on any atom is 0.323 e. The number of nitrogens with zero attached hydrogens (tertiary/aromatic N) is 1. The molecule has 0 saturated carbocycles. The third-order valence-electron chi connectivity index (χ3n) is 2.77. The summed E-state index contributed by atoms with van der Waals surface area (Å²) in [5.41, 5.74) is -0.790. The van der Waals surface area contributed by atoms with Gasteiger partial charge >= 0.3 is 5.97 Å². The minimum Gasteiger partial charge on any atom is -0.480 e. The fourth-order valence-corrected chi connectivity index (χ4v) is 1.64. The molecule has 1 saturated heterocycles. The number of aliphatic carboxylic acids is 1. The van der Waals surface area contributed by atoms with E-state index in [1.807, 2.05) is 11.8 Å². The fraction of sp³-hybridized carbons (Fsp3) is 0.900. The SMILES string of the molecule is CC1CN(C(C)(C)C(=O)O)CCCO1. The molecular formula is C10H19NO3. The first-order valence-corrected chi connectivity index (χ1v) is 5.04. The van der Waals surface area contributed by atoms with Crippen molar-refractivity contribution in [2.24, 2.45) is 0 Å². The second-order valence-electron chi connectivity index (χ2n) is 4.35. The van der Waals surface area contributed by atoms with Crippen molar-refractivity contribution in [1.82, 2.24) is 4.90 Å². The van der Waals surface area contributed by atoms with Crippen molar-refractivity contribution in [3.63, 3.8) is 0 Å². The highest BCUT2D eigenvalue weighted by atomic mass is 16.5. The molecule has 0 bridgehead atoms. The molecule has 1 heterocycles. The van der Waals surface area contributed by atoms with E-state index >= 15 is 0 Å². The lowest BCUT2D eigenvalue weighted by atomic mass is 10.0. The maximum absolute atomic E-state index is 11.1. The van der Waals surface area contributed by atoms with Crippen LogP contribution >= 0.6 is 0 Å². The lowest BCUT2D eigenvalue weighted by molar-refractivity contribution is -0.149. The highest BCUT2D eigenvalue weighted by Crippen LogP contribution is 2.18. The molecule has 1 aliphatic heterocycles. The summed E-state index contributed by atoms with van der Waals surface area (Å²) in [4.78, 5) is 13.0. The van der Waals surface area contributed by atoms with E-state index in [1.165, 1.54) is 0 Å². The Bertz CT molecular complexity index is 215. The van der Waals surface area contributed by atoms with E-state index in [2.05, 4.69) is 0 Å². The summed E-state index contributed by atoms with van der Waals surface area (Å²) in [6.45, 7) is 7.69. The summed E-state index contributed by atoms with van der Waals surface area (Å²) in [7, 11) is 0. The Hall–Kier alpha value is -0.610. The minimum absolute atomic E-state index is 0.121. The molecule has 1 rings (SSSR count). The Kier molecular flexibility index (Phi) is 3.50. The molecule has 1 aliphatic rings. The van der Waals surface area contributed by atoms with Crippen LogP contribution in [-0.2, 0) is 9.53 Å². The molecule has 0 radical (unpaired) electrons. The van der Waals surface area contributed by atoms with Gasteiger partial charge in [0.1, 0.15) is 5.54 Å². The van der Waals surface area contributed by atoms with Gasteiger partial charge in [0.2, 0.25) is 0 Å². The van der Waals surface area contributed by atoms with Gasteiger partial charge in [0.05, 0.1) is 6.10 Å². The van der Waals surface area contributed by atoms with Gasteiger partial charge in [0, 0.05) is 19.7 Å². The molecule has 1 atom stereocenters. The Labute approximate surface area is 84.8 Å². The summed E-state index contributed by atoms with van der Waals surface area (Å²) in [5.74, 6) is -0.772. The van der Waals surface area contributed by atoms with Gasteiger partial charge in [-0.3, -0.25) is 9.69 Å². The van der Waals surface area contributed by atoms with Crippen molar-refractivity contribution < 1.29 is 14.6 Å². The molecule has 0 aromatic carbocycles. The topological polar surface area (TPSA) is 49.8 Å². The van der Waals surface area contributed by atoms with Crippen LogP contribution in [0.25, 0.3) is 0 Å². The van der Waals surface area contributed by atoms with Crippen molar-refractivity contribution in [3.05, 3.63) is 0 Å². The van der Waals surface area contributed by atoms with E-state index in [4.69, 9.17) is 9.84 Å². The number of carbonyl (C=O) groups is 1. The van der Waals surface area contributed by atoms with E-state index in [0.717, 1.165) is 19.6 Å². The normalized spacial score (nSPS) is 25.8. The number of rotatable bonds is 2. The van der Waals surface area contributed by atoms with Crippen LogP contribution in [0.3, 0.4) is 0 Å².